The van der Waals surface area contributed by atoms with Gasteiger partial charge in [0.2, 0.25) is 5.91 Å². The summed E-state index contributed by atoms with van der Waals surface area (Å²) < 4.78 is 7.68. The van der Waals surface area contributed by atoms with Crippen molar-refractivity contribution in [1.29, 1.82) is 5.26 Å². The average molecular weight is 712 g/mol. The number of likely N-dealkylation sites (tertiary alicyclic amines) is 1. The zero-order chi connectivity index (χ0) is 36.5. The number of carbonyl (C=O) groups is 3. The first-order valence-electron chi connectivity index (χ1n) is 18.3. The molecule has 53 heavy (non-hydrogen) atoms. The number of anilines is 2. The van der Waals surface area contributed by atoms with Crippen molar-refractivity contribution in [3.63, 3.8) is 0 Å². The number of aromatic nitrogens is 4. The molecule has 1 aliphatic carbocycles. The van der Waals surface area contributed by atoms with E-state index in [4.69, 9.17) is 9.84 Å². The normalized spacial score (nSPS) is 20.0. The van der Waals surface area contributed by atoms with Crippen molar-refractivity contribution in [2.24, 2.45) is 5.92 Å². The van der Waals surface area contributed by atoms with Crippen molar-refractivity contribution < 1.29 is 19.1 Å². The van der Waals surface area contributed by atoms with Crippen molar-refractivity contribution >= 4 is 50.9 Å². The Kier molecular flexibility index (Phi) is 9.45. The quantitative estimate of drug-likeness (QED) is 0.192. The van der Waals surface area contributed by atoms with E-state index in [1.165, 1.54) is 24.0 Å². The molecule has 2 aromatic carbocycles. The van der Waals surface area contributed by atoms with Crippen LogP contribution in [0.15, 0.2) is 67.4 Å². The van der Waals surface area contributed by atoms with Crippen LogP contribution in [-0.2, 0) is 4.79 Å². The summed E-state index contributed by atoms with van der Waals surface area (Å²) in [6.07, 6.45) is 15.4. The highest BCUT2D eigenvalue weighted by Gasteiger charge is 2.30. The number of benzene rings is 2. The number of fused-ring (bicyclic) bond motifs is 2. The standard InChI is InChI=1S/C40H41N9O4/c1-53-37-17-34-29(16-35(37)44-39(51)28-15-26(18-41)19-42-20-28)24-49(46-34)30-7-5-25(6-8-30)23-47-12-9-27(10-13-47)31-3-2-4-32-33(31)21-43-22-36(32)48-14-11-38(50)45-40(48)52/h2-4,15-17,19-22,24-25,27,30H,5-14,23H2,1H3,(H,44,51)(H,45,50,52). The molecule has 2 N–H and O–H groups in total. The second-order valence-electron chi connectivity index (χ2n) is 14.4. The maximum Gasteiger partial charge on any atom is 0.328 e. The molecule has 5 heterocycles. The molecule has 8 rings (SSSR count). The second kappa shape index (κ2) is 14.6. The number of nitrogens with one attached hydrogen (secondary N) is 2. The summed E-state index contributed by atoms with van der Waals surface area (Å²) in [7, 11) is 1.57. The van der Waals surface area contributed by atoms with Gasteiger partial charge in [-0.05, 0) is 81.1 Å². The van der Waals surface area contributed by atoms with Crippen molar-refractivity contribution in [3.8, 4) is 11.8 Å². The zero-order valence-corrected chi connectivity index (χ0v) is 29.6. The van der Waals surface area contributed by atoms with Gasteiger partial charge in [-0.1, -0.05) is 18.2 Å². The molecule has 0 bridgehead atoms. The summed E-state index contributed by atoms with van der Waals surface area (Å²) in [5, 5.41) is 22.4. The number of methoxy groups -OCH3 is 1. The maximum absolute atomic E-state index is 13.0. The van der Waals surface area contributed by atoms with E-state index in [-0.39, 0.29) is 18.2 Å². The molecule has 0 unspecified atom stereocenters. The van der Waals surface area contributed by atoms with E-state index >= 15 is 0 Å². The highest BCUT2D eigenvalue weighted by Crippen LogP contribution is 2.39. The fraction of sp³-hybridized carbons (Fsp3) is 0.375. The number of ether oxygens (including phenoxy) is 1. The molecule has 5 aromatic rings. The Morgan fingerprint density at radius 2 is 1.79 bits per heavy atom. The van der Waals surface area contributed by atoms with E-state index in [1.54, 1.807) is 18.2 Å². The number of hydrogen-bond donors (Lipinski definition) is 2. The Morgan fingerprint density at radius 3 is 2.57 bits per heavy atom. The number of pyridine rings is 2. The number of imide groups is 1. The lowest BCUT2D eigenvalue weighted by atomic mass is 9.84. The highest BCUT2D eigenvalue weighted by atomic mass is 16.5. The van der Waals surface area contributed by atoms with Crippen LogP contribution in [-0.4, -0.2) is 75.8 Å². The Bertz CT molecular complexity index is 2250. The lowest BCUT2D eigenvalue weighted by Crippen LogP contribution is -2.49. The van der Waals surface area contributed by atoms with Gasteiger partial charge in [0.25, 0.3) is 5.91 Å². The van der Waals surface area contributed by atoms with Gasteiger partial charge in [-0.3, -0.25) is 34.5 Å². The van der Waals surface area contributed by atoms with Gasteiger partial charge < -0.3 is 15.0 Å². The van der Waals surface area contributed by atoms with Gasteiger partial charge in [-0.15, -0.1) is 0 Å². The van der Waals surface area contributed by atoms with Crippen LogP contribution in [0.4, 0.5) is 16.2 Å². The van der Waals surface area contributed by atoms with Crippen LogP contribution in [0.3, 0.4) is 0 Å². The topological polar surface area (TPSA) is 158 Å². The molecular weight excluding hydrogens is 670 g/mol. The van der Waals surface area contributed by atoms with Gasteiger partial charge in [0.1, 0.15) is 11.8 Å². The molecule has 1 saturated carbocycles. The van der Waals surface area contributed by atoms with Crippen LogP contribution >= 0.6 is 0 Å². The number of urea groups is 1. The van der Waals surface area contributed by atoms with Gasteiger partial charge in [0.05, 0.1) is 47.4 Å². The minimum atomic E-state index is -0.391. The van der Waals surface area contributed by atoms with E-state index in [2.05, 4.69) is 48.5 Å². The first kappa shape index (κ1) is 34.2. The molecule has 0 radical (unpaired) electrons. The number of hydrogen-bond acceptors (Lipinski definition) is 9. The van der Waals surface area contributed by atoms with E-state index < -0.39 is 6.03 Å². The van der Waals surface area contributed by atoms with E-state index in [1.807, 2.05) is 30.5 Å². The van der Waals surface area contributed by atoms with Crippen LogP contribution in [0.25, 0.3) is 21.7 Å². The third-order valence-electron chi connectivity index (χ3n) is 11.1. The van der Waals surface area contributed by atoms with Crippen LogP contribution < -0.4 is 20.3 Å². The Labute approximate surface area is 306 Å². The first-order valence-corrected chi connectivity index (χ1v) is 18.3. The van der Waals surface area contributed by atoms with Gasteiger partial charge in [0, 0.05) is 66.5 Å². The summed E-state index contributed by atoms with van der Waals surface area (Å²) in [4.78, 5) is 50.1. The summed E-state index contributed by atoms with van der Waals surface area (Å²) in [5.74, 6) is 0.975. The fourth-order valence-electron chi connectivity index (χ4n) is 8.30. The minimum Gasteiger partial charge on any atom is -0.494 e. The van der Waals surface area contributed by atoms with Crippen LogP contribution in [0, 0.1) is 17.2 Å². The summed E-state index contributed by atoms with van der Waals surface area (Å²) in [6.45, 7) is 3.57. The molecule has 4 amide bonds. The molecule has 3 fully saturated rings. The van der Waals surface area contributed by atoms with E-state index in [9.17, 15) is 19.6 Å². The molecule has 13 nitrogen and oxygen atoms in total. The fourth-order valence-corrected chi connectivity index (χ4v) is 8.30. The Balaban J connectivity index is 0.867. The van der Waals surface area contributed by atoms with Crippen molar-refractivity contribution in [3.05, 3.63) is 84.1 Å². The predicted molar refractivity (Wildman–Crippen MR) is 200 cm³/mol. The van der Waals surface area contributed by atoms with Crippen LogP contribution in [0.1, 0.15) is 78.4 Å². The first-order chi connectivity index (χ1) is 25.9. The van der Waals surface area contributed by atoms with Gasteiger partial charge >= 0.3 is 6.03 Å². The lowest BCUT2D eigenvalue weighted by Gasteiger charge is -2.37. The van der Waals surface area contributed by atoms with Crippen molar-refractivity contribution in [2.75, 3.05) is 43.5 Å². The van der Waals surface area contributed by atoms with Crippen molar-refractivity contribution in [2.45, 2.75) is 56.9 Å². The number of nitrogens with zero attached hydrogens (tertiary/aromatic N) is 7. The predicted octanol–water partition coefficient (Wildman–Crippen LogP) is 6.17. The van der Waals surface area contributed by atoms with Gasteiger partial charge in [-0.2, -0.15) is 10.4 Å². The highest BCUT2D eigenvalue weighted by molar-refractivity contribution is 6.10. The molecule has 0 atom stereocenters. The molecule has 270 valence electrons. The Hall–Kier alpha value is -5.87. The number of amides is 4. The maximum atomic E-state index is 13.0. The SMILES string of the molecule is COc1cc2nn(C3CCC(CN4CCC(c5cccc6c(N7CCC(=O)NC7=O)cncc56)CC4)CC3)cc2cc1NC(=O)c1cncc(C#N)c1. The molecule has 3 aromatic heterocycles. The summed E-state index contributed by atoms with van der Waals surface area (Å²) in [6, 6.07) is 13.5. The van der Waals surface area contributed by atoms with E-state index in [0.717, 1.165) is 85.5 Å². The third kappa shape index (κ3) is 7.02. The summed E-state index contributed by atoms with van der Waals surface area (Å²) in [5.41, 5.74) is 3.99. The second-order valence-corrected chi connectivity index (χ2v) is 14.4. The number of nitriles is 1. The Morgan fingerprint density at radius 1 is 0.981 bits per heavy atom. The zero-order valence-electron chi connectivity index (χ0n) is 29.6. The summed E-state index contributed by atoms with van der Waals surface area (Å²) >= 11 is 0. The molecule has 2 aliphatic heterocycles. The largest absolute Gasteiger partial charge is 0.494 e. The van der Waals surface area contributed by atoms with Gasteiger partial charge in [-0.25, -0.2) is 4.79 Å². The number of piperidine rings is 1. The smallest absolute Gasteiger partial charge is 0.328 e. The third-order valence-corrected chi connectivity index (χ3v) is 11.1. The molecule has 0 spiro atoms. The van der Waals surface area contributed by atoms with Crippen LogP contribution in [0.5, 0.6) is 5.75 Å². The number of rotatable bonds is 8. The van der Waals surface area contributed by atoms with Gasteiger partial charge in [0.15, 0.2) is 0 Å². The number of carbonyl (C=O) groups excluding carboxylic acids is 3. The monoisotopic (exact) mass is 711 g/mol. The molecular formula is C40H41N9O4. The average Bonchev–Trinajstić information content (AvgIpc) is 3.61. The van der Waals surface area contributed by atoms with E-state index in [0.29, 0.717) is 47.0 Å². The lowest BCUT2D eigenvalue weighted by molar-refractivity contribution is -0.120. The van der Waals surface area contributed by atoms with Crippen LogP contribution in [0.2, 0.25) is 0 Å². The molecule has 13 heteroatoms. The molecule has 3 aliphatic rings. The molecule has 2 saturated heterocycles. The minimum absolute atomic E-state index is 0.243. The van der Waals surface area contributed by atoms with Crippen molar-refractivity contribution in [1.82, 2.24) is 30.0 Å².